The summed E-state index contributed by atoms with van der Waals surface area (Å²) in [5, 5.41) is 0. The summed E-state index contributed by atoms with van der Waals surface area (Å²) in [5.74, 6) is -0.0833. The van der Waals surface area contributed by atoms with Gasteiger partial charge in [-0.15, -0.1) is 0 Å². The second kappa shape index (κ2) is 4.20. The minimum Gasteiger partial charge on any atom is -0.340 e. The fourth-order valence-corrected chi connectivity index (χ4v) is 0. The first-order valence-electron chi connectivity index (χ1n) is 1.06. The predicted molar refractivity (Wildman–Crippen MR) is 16.0 cm³/mol. The van der Waals surface area contributed by atoms with Crippen molar-refractivity contribution in [2.45, 2.75) is 6.92 Å². The molecule has 0 atom stereocenters. The second-order valence-electron chi connectivity index (χ2n) is 0.702. The Morgan fingerprint density at radius 1 is 1.80 bits per heavy atom. The molecule has 31 valence electrons. The molecule has 0 aliphatic carbocycles. The Hall–Kier alpha value is 0.202. The van der Waals surface area contributed by atoms with Crippen LogP contribution in [0.4, 0.5) is 0 Å². The molecule has 2 heteroatoms. The molecule has 0 aromatic heterocycles. The van der Waals surface area contributed by atoms with Gasteiger partial charge in [-0.1, -0.05) is 0 Å². The third kappa shape index (κ3) is 498. The number of carbonyl (C=O) groups is 1. The van der Waals surface area contributed by atoms with Gasteiger partial charge >= 0.3 is 0 Å². The SMILES string of the molecule is [CH2-]C(C)=O.[Re]. The zero-order valence-electron chi connectivity index (χ0n) is 2.99. The topological polar surface area (TPSA) is 17.1 Å². The van der Waals surface area contributed by atoms with Gasteiger partial charge in [0, 0.05) is 20.4 Å². The summed E-state index contributed by atoms with van der Waals surface area (Å²) in [5.41, 5.74) is 0. The van der Waals surface area contributed by atoms with Gasteiger partial charge in [-0.05, 0) is 12.7 Å². The number of hydrogen-bond donors (Lipinski definition) is 0. The minimum absolute atomic E-state index is 0. The van der Waals surface area contributed by atoms with Crippen molar-refractivity contribution in [3.05, 3.63) is 6.92 Å². The van der Waals surface area contributed by atoms with E-state index in [4.69, 9.17) is 0 Å². The van der Waals surface area contributed by atoms with Crippen molar-refractivity contribution in [3.63, 3.8) is 0 Å². The molecule has 0 unspecified atom stereocenters. The molecule has 0 aromatic carbocycles. The molecule has 0 spiro atoms. The Kier molecular flexibility index (Phi) is 7.53. The van der Waals surface area contributed by atoms with Crippen LogP contribution in [0, 0.1) is 6.92 Å². The van der Waals surface area contributed by atoms with Crippen LogP contribution in [0.15, 0.2) is 0 Å². The number of rotatable bonds is 0. The first kappa shape index (κ1) is 8.96. The first-order valence-corrected chi connectivity index (χ1v) is 1.06. The zero-order chi connectivity index (χ0) is 3.58. The van der Waals surface area contributed by atoms with Gasteiger partial charge in [0.05, 0.1) is 0 Å². The maximum Gasteiger partial charge on any atom is 0 e. The van der Waals surface area contributed by atoms with Crippen LogP contribution in [-0.4, -0.2) is 5.78 Å². The van der Waals surface area contributed by atoms with Crippen LogP contribution in [0.2, 0.25) is 0 Å². The average Bonchev–Trinajstić information content (AvgIpc) is 0.811. The number of hydrogen-bond acceptors (Lipinski definition) is 1. The summed E-state index contributed by atoms with van der Waals surface area (Å²) >= 11 is 0. The molecule has 0 aromatic rings. The second-order valence-corrected chi connectivity index (χ2v) is 0.702. The van der Waals surface area contributed by atoms with Crippen LogP contribution >= 0.6 is 0 Å². The summed E-state index contributed by atoms with van der Waals surface area (Å²) in [4.78, 5) is 9.33. The quantitative estimate of drug-likeness (QED) is 0.563. The number of ketones is 1. The zero-order valence-corrected chi connectivity index (χ0v) is 5.71. The Morgan fingerprint density at radius 3 is 1.80 bits per heavy atom. The number of carbonyl (C=O) groups excluding carboxylic acids is 1. The van der Waals surface area contributed by atoms with E-state index in [1.165, 1.54) is 6.92 Å². The van der Waals surface area contributed by atoms with E-state index < -0.39 is 0 Å². The van der Waals surface area contributed by atoms with E-state index in [1.807, 2.05) is 0 Å². The third-order valence-corrected chi connectivity index (χ3v) is 0. The van der Waals surface area contributed by atoms with E-state index in [0.29, 0.717) is 0 Å². The molecular formula is C3H5ORe-. The largest absolute Gasteiger partial charge is 0.340 e. The normalized spacial score (nSPS) is 5.00. The standard InChI is InChI=1S/C3H5O.Re/c1-3(2)4;/h1H2,2H3;/q-1;. The van der Waals surface area contributed by atoms with Gasteiger partial charge in [0.25, 0.3) is 0 Å². The van der Waals surface area contributed by atoms with Crippen LogP contribution < -0.4 is 0 Å². The molecule has 1 radical (unpaired) electrons. The number of Topliss-reactive ketones (excluding diaryl/α,β-unsaturated/α-hetero) is 1. The maximum absolute atomic E-state index is 9.33. The summed E-state index contributed by atoms with van der Waals surface area (Å²) in [6.07, 6.45) is 0. The van der Waals surface area contributed by atoms with Gasteiger partial charge < -0.3 is 11.7 Å². The van der Waals surface area contributed by atoms with Crippen LogP contribution in [-0.2, 0) is 25.2 Å². The average molecular weight is 243 g/mol. The van der Waals surface area contributed by atoms with Crippen molar-refractivity contribution in [2.24, 2.45) is 0 Å². The Morgan fingerprint density at radius 2 is 1.80 bits per heavy atom. The molecule has 0 aliphatic rings. The monoisotopic (exact) mass is 244 g/mol. The van der Waals surface area contributed by atoms with Crippen LogP contribution in [0.3, 0.4) is 0 Å². The molecule has 5 heavy (non-hydrogen) atoms. The molecule has 0 heterocycles. The van der Waals surface area contributed by atoms with Crippen molar-refractivity contribution >= 4 is 5.78 Å². The van der Waals surface area contributed by atoms with E-state index in [0.717, 1.165) is 0 Å². The molecule has 0 bridgehead atoms. The smallest absolute Gasteiger partial charge is 0 e. The van der Waals surface area contributed by atoms with Crippen molar-refractivity contribution in [1.29, 1.82) is 0 Å². The molecule has 0 fully saturated rings. The summed E-state index contributed by atoms with van der Waals surface area (Å²) < 4.78 is 0. The summed E-state index contributed by atoms with van der Waals surface area (Å²) in [6.45, 7) is 4.42. The molecular weight excluding hydrogens is 238 g/mol. The van der Waals surface area contributed by atoms with E-state index in [2.05, 4.69) is 6.92 Å². The van der Waals surface area contributed by atoms with Gasteiger partial charge in [-0.2, -0.15) is 0 Å². The molecule has 0 saturated heterocycles. The van der Waals surface area contributed by atoms with Crippen LogP contribution in [0.1, 0.15) is 6.92 Å². The maximum atomic E-state index is 9.33. The van der Waals surface area contributed by atoms with Crippen molar-refractivity contribution in [3.8, 4) is 0 Å². The molecule has 0 N–H and O–H groups in total. The summed E-state index contributed by atoms with van der Waals surface area (Å²) in [7, 11) is 0. The predicted octanol–water partition coefficient (Wildman–Crippen LogP) is 0.407. The van der Waals surface area contributed by atoms with Crippen molar-refractivity contribution in [2.75, 3.05) is 0 Å². The Bertz CT molecular complexity index is 29.9. The molecule has 1 nitrogen and oxygen atoms in total. The van der Waals surface area contributed by atoms with Gasteiger partial charge in [-0.25, -0.2) is 0 Å². The molecule has 0 rings (SSSR count). The van der Waals surface area contributed by atoms with Crippen molar-refractivity contribution in [1.82, 2.24) is 0 Å². The van der Waals surface area contributed by atoms with E-state index in [9.17, 15) is 4.79 Å². The van der Waals surface area contributed by atoms with Crippen molar-refractivity contribution < 1.29 is 25.2 Å². The molecule has 0 aliphatic heterocycles. The van der Waals surface area contributed by atoms with Crippen LogP contribution in [0.5, 0.6) is 0 Å². The van der Waals surface area contributed by atoms with Gasteiger partial charge in [0.15, 0.2) is 0 Å². The van der Waals surface area contributed by atoms with Gasteiger partial charge in [0.1, 0.15) is 0 Å². The summed E-state index contributed by atoms with van der Waals surface area (Å²) in [6, 6.07) is 0. The van der Waals surface area contributed by atoms with E-state index in [1.54, 1.807) is 0 Å². The van der Waals surface area contributed by atoms with Gasteiger partial charge in [-0.3, -0.25) is 0 Å². The fraction of sp³-hybridized carbons (Fsp3) is 0.333. The Balaban J connectivity index is 0. The Labute approximate surface area is 45.4 Å². The first-order chi connectivity index (χ1) is 1.73. The fourth-order valence-electron chi connectivity index (χ4n) is 0. The van der Waals surface area contributed by atoms with Crippen LogP contribution in [0.25, 0.3) is 0 Å². The third-order valence-electron chi connectivity index (χ3n) is 0. The minimum atomic E-state index is -0.0833. The molecule has 0 saturated carbocycles. The van der Waals surface area contributed by atoms with E-state index in [-0.39, 0.29) is 26.2 Å². The van der Waals surface area contributed by atoms with E-state index >= 15 is 0 Å². The molecule has 0 amide bonds. The van der Waals surface area contributed by atoms with Gasteiger partial charge in [0.2, 0.25) is 0 Å².